The number of nitro benzene ring substituents is 2. The summed E-state index contributed by atoms with van der Waals surface area (Å²) in [5, 5.41) is 24.2. The number of rotatable bonds is 5. The van der Waals surface area contributed by atoms with Crippen molar-refractivity contribution >= 4 is 17.1 Å². The predicted molar refractivity (Wildman–Crippen MR) is 63.5 cm³/mol. The molecular formula is C10H10F3N3O4. The van der Waals surface area contributed by atoms with E-state index in [1.165, 1.54) is 0 Å². The quantitative estimate of drug-likeness (QED) is 0.663. The normalized spacial score (nSPS) is 11.2. The van der Waals surface area contributed by atoms with Gasteiger partial charge in [0.05, 0.1) is 9.85 Å². The first-order valence-corrected chi connectivity index (χ1v) is 5.47. The van der Waals surface area contributed by atoms with Crippen molar-refractivity contribution in [2.45, 2.75) is 19.5 Å². The highest BCUT2D eigenvalue weighted by Crippen LogP contribution is 2.44. The van der Waals surface area contributed by atoms with Gasteiger partial charge in [-0.05, 0) is 18.6 Å². The number of hydrogen-bond acceptors (Lipinski definition) is 5. The van der Waals surface area contributed by atoms with Crippen LogP contribution in [0.5, 0.6) is 0 Å². The summed E-state index contributed by atoms with van der Waals surface area (Å²) >= 11 is 0. The summed E-state index contributed by atoms with van der Waals surface area (Å²) in [7, 11) is 0. The van der Waals surface area contributed by atoms with Gasteiger partial charge < -0.3 is 5.32 Å². The number of alkyl halides is 3. The summed E-state index contributed by atoms with van der Waals surface area (Å²) in [5.41, 5.74) is -4.69. The van der Waals surface area contributed by atoms with Crippen LogP contribution in [-0.2, 0) is 6.18 Å². The first kappa shape index (κ1) is 15.7. The third-order valence-corrected chi connectivity index (χ3v) is 2.39. The lowest BCUT2D eigenvalue weighted by molar-refractivity contribution is -0.423. The third kappa shape index (κ3) is 3.13. The van der Waals surface area contributed by atoms with Crippen molar-refractivity contribution in [1.29, 1.82) is 0 Å². The maximum atomic E-state index is 12.7. The molecule has 1 aromatic carbocycles. The molecule has 0 aliphatic heterocycles. The Morgan fingerprint density at radius 2 is 1.70 bits per heavy atom. The second-order valence-electron chi connectivity index (χ2n) is 3.80. The fourth-order valence-electron chi connectivity index (χ4n) is 1.58. The molecule has 0 saturated heterocycles. The molecule has 1 rings (SSSR count). The van der Waals surface area contributed by atoms with E-state index in [1.807, 2.05) is 0 Å². The van der Waals surface area contributed by atoms with Gasteiger partial charge in [-0.1, -0.05) is 6.92 Å². The van der Waals surface area contributed by atoms with Gasteiger partial charge in [0.15, 0.2) is 0 Å². The number of benzene rings is 1. The molecule has 0 radical (unpaired) electrons. The maximum absolute atomic E-state index is 12.7. The van der Waals surface area contributed by atoms with E-state index in [-0.39, 0.29) is 12.2 Å². The van der Waals surface area contributed by atoms with Crippen LogP contribution >= 0.6 is 0 Å². The molecule has 1 N–H and O–H groups in total. The van der Waals surface area contributed by atoms with Crippen molar-refractivity contribution in [3.05, 3.63) is 37.9 Å². The molecule has 0 amide bonds. The molecule has 0 aromatic heterocycles. The molecule has 7 nitrogen and oxygen atoms in total. The predicted octanol–water partition coefficient (Wildman–Crippen LogP) is 3.34. The maximum Gasteiger partial charge on any atom is 0.423 e. The average Bonchev–Trinajstić information content (AvgIpc) is 2.33. The van der Waals surface area contributed by atoms with E-state index in [9.17, 15) is 33.4 Å². The van der Waals surface area contributed by atoms with Gasteiger partial charge in [0.1, 0.15) is 11.3 Å². The third-order valence-electron chi connectivity index (χ3n) is 2.39. The Hall–Kier alpha value is -2.39. The summed E-state index contributed by atoms with van der Waals surface area (Å²) in [6.07, 6.45) is -4.50. The van der Waals surface area contributed by atoms with Crippen molar-refractivity contribution in [3.63, 3.8) is 0 Å². The average molecular weight is 293 g/mol. The molecule has 0 aliphatic carbocycles. The summed E-state index contributed by atoms with van der Waals surface area (Å²) in [5.74, 6) is 0. The van der Waals surface area contributed by atoms with E-state index >= 15 is 0 Å². The Labute approximate surface area is 110 Å². The summed E-state index contributed by atoms with van der Waals surface area (Å²) in [4.78, 5) is 19.1. The molecule has 0 saturated carbocycles. The second kappa shape index (κ2) is 5.72. The minimum atomic E-state index is -5.05. The molecule has 0 fully saturated rings. The topological polar surface area (TPSA) is 98.3 Å². The van der Waals surface area contributed by atoms with Gasteiger partial charge in [0.25, 0.3) is 0 Å². The minimum absolute atomic E-state index is 0.239. The smallest absolute Gasteiger partial charge is 0.379 e. The van der Waals surface area contributed by atoms with Crippen molar-refractivity contribution in [1.82, 2.24) is 0 Å². The van der Waals surface area contributed by atoms with Crippen LogP contribution in [0.3, 0.4) is 0 Å². The first-order chi connectivity index (χ1) is 9.20. The Bertz CT molecular complexity index is 545. The zero-order valence-electron chi connectivity index (χ0n) is 10.2. The Morgan fingerprint density at radius 1 is 1.15 bits per heavy atom. The lowest BCUT2D eigenvalue weighted by Gasteiger charge is -2.11. The standard InChI is InChI=1S/C10H10F3N3O4/c1-2-5-14-7-4-3-6(10(11,12)13)8(15(17)18)9(7)16(19)20/h3-4,14H,2,5H2,1H3. The van der Waals surface area contributed by atoms with Gasteiger partial charge in [0.2, 0.25) is 0 Å². The van der Waals surface area contributed by atoms with Crippen LogP contribution < -0.4 is 5.32 Å². The van der Waals surface area contributed by atoms with Gasteiger partial charge in [0, 0.05) is 6.54 Å². The Morgan fingerprint density at radius 3 is 2.10 bits per heavy atom. The fraction of sp³-hybridized carbons (Fsp3) is 0.400. The van der Waals surface area contributed by atoms with E-state index in [0.29, 0.717) is 12.5 Å². The molecule has 0 heterocycles. The van der Waals surface area contributed by atoms with Crippen molar-refractivity contribution < 1.29 is 23.0 Å². The van der Waals surface area contributed by atoms with Gasteiger partial charge in [-0.2, -0.15) is 13.2 Å². The number of nitrogens with zero attached hydrogens (tertiary/aromatic N) is 2. The molecule has 110 valence electrons. The van der Waals surface area contributed by atoms with Crippen LogP contribution in [0.2, 0.25) is 0 Å². The lowest BCUT2D eigenvalue weighted by Crippen LogP contribution is -2.13. The van der Waals surface area contributed by atoms with Gasteiger partial charge in [-0.25, -0.2) is 0 Å². The van der Waals surface area contributed by atoms with Crippen LogP contribution in [-0.4, -0.2) is 16.4 Å². The van der Waals surface area contributed by atoms with Crippen LogP contribution in [0, 0.1) is 20.2 Å². The SMILES string of the molecule is CCCNc1ccc(C(F)(F)F)c([N+](=O)[O-])c1[N+](=O)[O-]. The number of anilines is 1. The molecule has 0 aliphatic rings. The van der Waals surface area contributed by atoms with E-state index in [1.54, 1.807) is 6.92 Å². The highest BCUT2D eigenvalue weighted by molar-refractivity contribution is 5.74. The molecule has 1 aromatic rings. The molecule has 0 spiro atoms. The Kier molecular flexibility index (Phi) is 4.48. The van der Waals surface area contributed by atoms with Crippen LogP contribution in [0.25, 0.3) is 0 Å². The van der Waals surface area contributed by atoms with Crippen molar-refractivity contribution in [2.24, 2.45) is 0 Å². The van der Waals surface area contributed by atoms with E-state index in [0.717, 1.165) is 6.07 Å². The molecule has 0 unspecified atom stereocenters. The number of nitrogens with one attached hydrogen (secondary N) is 1. The molecule has 10 heteroatoms. The molecule has 0 bridgehead atoms. The number of nitro groups is 2. The van der Waals surface area contributed by atoms with E-state index in [4.69, 9.17) is 0 Å². The fourth-order valence-corrected chi connectivity index (χ4v) is 1.58. The molecule has 0 atom stereocenters. The number of hydrogen-bond donors (Lipinski definition) is 1. The minimum Gasteiger partial charge on any atom is -0.379 e. The van der Waals surface area contributed by atoms with Crippen molar-refractivity contribution in [3.8, 4) is 0 Å². The summed E-state index contributed by atoms with van der Waals surface area (Å²) in [6.45, 7) is 1.97. The zero-order valence-corrected chi connectivity index (χ0v) is 10.2. The summed E-state index contributed by atoms with van der Waals surface area (Å²) in [6, 6.07) is 1.28. The highest BCUT2D eigenvalue weighted by atomic mass is 19.4. The van der Waals surface area contributed by atoms with Crippen LogP contribution in [0.4, 0.5) is 30.2 Å². The van der Waals surface area contributed by atoms with Gasteiger partial charge in [-0.15, -0.1) is 0 Å². The van der Waals surface area contributed by atoms with E-state index < -0.39 is 33.0 Å². The molecular weight excluding hydrogens is 283 g/mol. The van der Waals surface area contributed by atoms with Crippen LogP contribution in [0.15, 0.2) is 12.1 Å². The Balaban J connectivity index is 3.59. The highest BCUT2D eigenvalue weighted by Gasteiger charge is 2.44. The van der Waals surface area contributed by atoms with Crippen LogP contribution in [0.1, 0.15) is 18.9 Å². The first-order valence-electron chi connectivity index (χ1n) is 5.47. The lowest BCUT2D eigenvalue weighted by atomic mass is 10.1. The van der Waals surface area contributed by atoms with Gasteiger partial charge >= 0.3 is 17.6 Å². The van der Waals surface area contributed by atoms with Gasteiger partial charge in [-0.3, -0.25) is 20.2 Å². The number of halogens is 3. The monoisotopic (exact) mass is 293 g/mol. The van der Waals surface area contributed by atoms with Crippen molar-refractivity contribution in [2.75, 3.05) is 11.9 Å². The zero-order chi connectivity index (χ0) is 15.5. The summed E-state index contributed by atoms with van der Waals surface area (Å²) < 4.78 is 38.1. The molecule has 20 heavy (non-hydrogen) atoms. The van der Waals surface area contributed by atoms with E-state index in [2.05, 4.69) is 5.32 Å². The second-order valence-corrected chi connectivity index (χ2v) is 3.80. The largest absolute Gasteiger partial charge is 0.423 e.